The molecule has 9 nitrogen and oxygen atoms in total. The van der Waals surface area contributed by atoms with Crippen molar-refractivity contribution in [3.05, 3.63) is 87.8 Å². The lowest BCUT2D eigenvalue weighted by atomic mass is 9.90. The first-order chi connectivity index (χ1) is 19.5. The molecule has 3 aromatic rings. The number of aliphatic hydroxyl groups is 1. The summed E-state index contributed by atoms with van der Waals surface area (Å²) in [5.41, 5.74) is -3.12. The molecule has 0 bridgehead atoms. The second-order valence-electron chi connectivity index (χ2n) is 9.64. The molecule has 1 aromatic heterocycles. The predicted molar refractivity (Wildman–Crippen MR) is 144 cm³/mol. The molecule has 0 saturated heterocycles. The van der Waals surface area contributed by atoms with Gasteiger partial charge in [-0.05, 0) is 55.0 Å². The molecule has 0 aliphatic heterocycles. The second kappa shape index (κ2) is 12.4. The number of hydrogen-bond acceptors (Lipinski definition) is 5. The minimum absolute atomic E-state index is 0.0522. The molecular formula is C27H27ClF5N5O4. The Morgan fingerprint density at radius 2 is 1.74 bits per heavy atom. The number of rotatable bonds is 11. The molecule has 2 aromatic carbocycles. The van der Waals surface area contributed by atoms with Crippen LogP contribution < -0.4 is 16.3 Å². The van der Waals surface area contributed by atoms with Crippen LogP contribution in [-0.4, -0.2) is 49.8 Å². The van der Waals surface area contributed by atoms with E-state index >= 15 is 0 Å². The van der Waals surface area contributed by atoms with E-state index in [0.29, 0.717) is 9.70 Å². The highest BCUT2D eigenvalue weighted by molar-refractivity contribution is 6.30. The lowest BCUT2D eigenvalue weighted by Crippen LogP contribution is -2.51. The molecule has 3 rings (SSSR count). The van der Waals surface area contributed by atoms with Gasteiger partial charge < -0.3 is 15.7 Å². The van der Waals surface area contributed by atoms with Crippen LogP contribution in [0.5, 0.6) is 0 Å². The fourth-order valence-electron chi connectivity index (χ4n) is 4.06. The Balaban J connectivity index is 1.90. The van der Waals surface area contributed by atoms with Gasteiger partial charge in [0.2, 0.25) is 11.8 Å². The molecule has 0 spiro atoms. The molecule has 3 N–H and O–H groups in total. The van der Waals surface area contributed by atoms with Gasteiger partial charge in [-0.3, -0.25) is 14.2 Å². The Bertz CT molecular complexity index is 1520. The number of nitrogens with one attached hydrogen (secondary N) is 2. The van der Waals surface area contributed by atoms with Crippen LogP contribution in [0.4, 0.5) is 22.0 Å². The molecule has 2 atom stereocenters. The van der Waals surface area contributed by atoms with E-state index in [-0.39, 0.29) is 29.6 Å². The minimum Gasteiger partial charge on any atom is -0.385 e. The van der Waals surface area contributed by atoms with Crippen molar-refractivity contribution in [2.75, 3.05) is 6.54 Å². The molecular weight excluding hydrogens is 589 g/mol. The Kier molecular flexibility index (Phi) is 9.63. The van der Waals surface area contributed by atoms with Crippen LogP contribution in [0, 0.1) is 0 Å². The molecule has 1 heterocycles. The molecule has 0 fully saturated rings. The molecule has 2 amide bonds. The van der Waals surface area contributed by atoms with Gasteiger partial charge in [0.05, 0.1) is 17.6 Å². The third kappa shape index (κ3) is 7.62. The largest absolute Gasteiger partial charge is 0.416 e. The molecule has 0 aliphatic carbocycles. The predicted octanol–water partition coefficient (Wildman–Crippen LogP) is 3.73. The number of amides is 2. The van der Waals surface area contributed by atoms with Crippen LogP contribution in [0.15, 0.2) is 66.0 Å². The summed E-state index contributed by atoms with van der Waals surface area (Å²) in [6, 6.07) is 10.1. The number of hydrogen-bond donors (Lipinski definition) is 3. The van der Waals surface area contributed by atoms with Crippen molar-refractivity contribution in [1.82, 2.24) is 25.0 Å². The van der Waals surface area contributed by atoms with E-state index in [1.165, 1.54) is 37.3 Å². The highest BCUT2D eigenvalue weighted by Crippen LogP contribution is 2.32. The monoisotopic (exact) mass is 615 g/mol. The fraction of sp³-hybridized carbons (Fsp3) is 0.333. The third-order valence-electron chi connectivity index (χ3n) is 6.31. The number of aromatic nitrogens is 3. The summed E-state index contributed by atoms with van der Waals surface area (Å²) in [6.07, 6.45) is -6.77. The van der Waals surface area contributed by atoms with Gasteiger partial charge >= 0.3 is 11.9 Å². The molecule has 15 heteroatoms. The summed E-state index contributed by atoms with van der Waals surface area (Å²) in [5, 5.41) is 19.5. The van der Waals surface area contributed by atoms with E-state index in [2.05, 4.69) is 22.3 Å². The Hall–Kier alpha value is -4.04. The molecule has 0 aliphatic rings. The van der Waals surface area contributed by atoms with Crippen LogP contribution in [0.25, 0.3) is 11.4 Å². The Morgan fingerprint density at radius 3 is 2.31 bits per heavy atom. The molecule has 0 radical (unpaired) electrons. The van der Waals surface area contributed by atoms with E-state index in [0.717, 1.165) is 29.7 Å². The maximum Gasteiger partial charge on any atom is 0.416 e. The first kappa shape index (κ1) is 32.5. The molecule has 42 heavy (non-hydrogen) atoms. The van der Waals surface area contributed by atoms with E-state index in [1.807, 2.05) is 0 Å². The van der Waals surface area contributed by atoms with Crippen molar-refractivity contribution in [1.29, 1.82) is 0 Å². The van der Waals surface area contributed by atoms with Crippen LogP contribution in [0.3, 0.4) is 0 Å². The van der Waals surface area contributed by atoms with Crippen molar-refractivity contribution in [3.8, 4) is 11.4 Å². The summed E-state index contributed by atoms with van der Waals surface area (Å²) in [6.45, 7) is 3.55. The standard InChI is InChI=1S/C27H27ClF5N5O4/c1-4-26(29,30)21(40)13-37-23(17-8-10-20(28)11-9-17)36-38(24(37)42)14-22(41)34-15-25(3,35-16(2)39)18-6-5-7-19(12-18)27(31,32)33/h4-12,21,40H,1,13-15H2,2-3H3,(H,34,41)(H,35,39). The van der Waals surface area contributed by atoms with Crippen molar-refractivity contribution < 1.29 is 36.6 Å². The SMILES string of the molecule is C=CC(F)(F)C(O)Cn1c(-c2ccc(Cl)cc2)nn(CC(=O)NCC(C)(NC(C)=O)c2cccc(C(F)(F)F)c2)c1=O. The third-order valence-corrected chi connectivity index (χ3v) is 6.56. The Morgan fingerprint density at radius 1 is 1.12 bits per heavy atom. The maximum atomic E-state index is 14.0. The number of carbonyl (C=O) groups is 2. The van der Waals surface area contributed by atoms with E-state index in [9.17, 15) is 41.4 Å². The van der Waals surface area contributed by atoms with Gasteiger partial charge in [0, 0.05) is 24.1 Å². The number of alkyl halides is 5. The Labute approximate surface area is 241 Å². The van der Waals surface area contributed by atoms with Gasteiger partial charge in [0.15, 0.2) is 5.82 Å². The van der Waals surface area contributed by atoms with Gasteiger partial charge in [0.25, 0.3) is 5.92 Å². The number of carbonyl (C=O) groups excluding carboxylic acids is 2. The van der Waals surface area contributed by atoms with Crippen molar-refractivity contribution in [3.63, 3.8) is 0 Å². The molecule has 226 valence electrons. The zero-order valence-corrected chi connectivity index (χ0v) is 23.1. The lowest BCUT2D eigenvalue weighted by molar-refractivity contribution is -0.137. The van der Waals surface area contributed by atoms with E-state index < -0.39 is 59.9 Å². The average molecular weight is 616 g/mol. The fourth-order valence-corrected chi connectivity index (χ4v) is 4.19. The van der Waals surface area contributed by atoms with Gasteiger partial charge in [-0.1, -0.05) is 30.3 Å². The van der Waals surface area contributed by atoms with Crippen molar-refractivity contribution >= 4 is 23.4 Å². The van der Waals surface area contributed by atoms with Crippen LogP contribution in [0.1, 0.15) is 25.0 Å². The van der Waals surface area contributed by atoms with Gasteiger partial charge in [-0.25, -0.2) is 9.48 Å². The summed E-state index contributed by atoms with van der Waals surface area (Å²) < 4.78 is 69.3. The summed E-state index contributed by atoms with van der Waals surface area (Å²) in [4.78, 5) is 37.9. The van der Waals surface area contributed by atoms with Crippen LogP contribution in [-0.2, 0) is 34.4 Å². The maximum absolute atomic E-state index is 14.0. The highest BCUT2D eigenvalue weighted by Gasteiger charge is 2.37. The van der Waals surface area contributed by atoms with Gasteiger partial charge in [0.1, 0.15) is 12.6 Å². The van der Waals surface area contributed by atoms with Crippen LogP contribution in [0.2, 0.25) is 5.02 Å². The first-order valence-electron chi connectivity index (χ1n) is 12.3. The van der Waals surface area contributed by atoms with E-state index in [4.69, 9.17) is 11.6 Å². The molecule has 2 unspecified atom stereocenters. The summed E-state index contributed by atoms with van der Waals surface area (Å²) in [7, 11) is 0. The first-order valence-corrected chi connectivity index (χ1v) is 12.7. The number of halogens is 6. The highest BCUT2D eigenvalue weighted by atomic mass is 35.5. The minimum atomic E-state index is -4.65. The number of aliphatic hydroxyl groups excluding tert-OH is 1. The van der Waals surface area contributed by atoms with Crippen molar-refractivity contribution in [2.45, 2.75) is 50.7 Å². The zero-order valence-electron chi connectivity index (χ0n) is 22.4. The van der Waals surface area contributed by atoms with E-state index in [1.54, 1.807) is 0 Å². The average Bonchev–Trinajstić information content (AvgIpc) is 3.21. The van der Waals surface area contributed by atoms with Gasteiger partial charge in [-0.15, -0.1) is 5.10 Å². The topological polar surface area (TPSA) is 118 Å². The summed E-state index contributed by atoms with van der Waals surface area (Å²) >= 11 is 5.91. The van der Waals surface area contributed by atoms with Crippen LogP contribution >= 0.6 is 11.6 Å². The van der Waals surface area contributed by atoms with Crippen molar-refractivity contribution in [2.24, 2.45) is 0 Å². The normalized spacial score (nSPS) is 14.1. The summed E-state index contributed by atoms with van der Waals surface area (Å²) in [5.74, 6) is -5.30. The molecule has 0 saturated carbocycles. The number of benzene rings is 2. The quantitative estimate of drug-likeness (QED) is 0.224. The smallest absolute Gasteiger partial charge is 0.385 e. The van der Waals surface area contributed by atoms with Gasteiger partial charge in [-0.2, -0.15) is 22.0 Å². The zero-order chi connectivity index (χ0) is 31.5. The lowest BCUT2D eigenvalue weighted by Gasteiger charge is -2.32. The number of nitrogens with zero attached hydrogens (tertiary/aromatic N) is 3. The second-order valence-corrected chi connectivity index (χ2v) is 10.1.